The van der Waals surface area contributed by atoms with E-state index in [1.165, 1.54) is 6.08 Å². The Hall–Kier alpha value is -4.24. The highest BCUT2D eigenvalue weighted by atomic mass is 16.6. The van der Waals surface area contributed by atoms with Crippen LogP contribution >= 0.6 is 0 Å². The number of nitrogens with one attached hydrogen (secondary N) is 2. The minimum absolute atomic E-state index is 0.0279. The number of rotatable bonds is 20. The molecule has 3 rings (SSSR count). The van der Waals surface area contributed by atoms with E-state index in [-0.39, 0.29) is 32.0 Å². The Morgan fingerprint density at radius 3 is 2.13 bits per heavy atom. The molecule has 248 valence electrons. The van der Waals surface area contributed by atoms with Crippen molar-refractivity contribution in [3.8, 4) is 0 Å². The van der Waals surface area contributed by atoms with Crippen LogP contribution in [0.25, 0.3) is 0 Å². The van der Waals surface area contributed by atoms with Crippen molar-refractivity contribution >= 4 is 23.8 Å². The van der Waals surface area contributed by atoms with Crippen LogP contribution in [0.2, 0.25) is 0 Å². The monoisotopic (exact) mass is 632 g/mol. The Kier molecular flexibility index (Phi) is 15.2. The molecule has 0 aromatic heterocycles. The Balaban J connectivity index is 1.71. The summed E-state index contributed by atoms with van der Waals surface area (Å²) >= 11 is 0. The van der Waals surface area contributed by atoms with Gasteiger partial charge in [0, 0.05) is 6.42 Å². The maximum atomic E-state index is 13.5. The van der Waals surface area contributed by atoms with Gasteiger partial charge < -0.3 is 25.2 Å². The zero-order valence-corrected chi connectivity index (χ0v) is 26.7. The zero-order valence-electron chi connectivity index (χ0n) is 26.7. The predicted molar refractivity (Wildman–Crippen MR) is 176 cm³/mol. The average Bonchev–Trinajstić information content (AvgIpc) is 3.54. The summed E-state index contributed by atoms with van der Waals surface area (Å²) in [5.41, 5.74) is 1.07. The molecule has 2 aromatic rings. The van der Waals surface area contributed by atoms with Crippen LogP contribution in [0.5, 0.6) is 0 Å². The van der Waals surface area contributed by atoms with Crippen LogP contribution in [0.4, 0.5) is 0 Å². The SMILES string of the molecule is C=CCCCC(Cc1ccccc1)C(=O)OCC(NC(=O)C(CC=C)CC(=O)NC1(CO)CCCC1)C(=O)OCc1ccccc1. The molecule has 0 aliphatic heterocycles. The number of aliphatic hydroxyl groups excluding tert-OH is 1. The van der Waals surface area contributed by atoms with Crippen LogP contribution in [0.1, 0.15) is 68.9 Å². The van der Waals surface area contributed by atoms with E-state index in [0.29, 0.717) is 25.7 Å². The first-order valence-corrected chi connectivity index (χ1v) is 16.1. The van der Waals surface area contributed by atoms with Gasteiger partial charge in [0.25, 0.3) is 0 Å². The first-order valence-electron chi connectivity index (χ1n) is 16.1. The number of benzene rings is 2. The molecule has 9 nitrogen and oxygen atoms in total. The fourth-order valence-corrected chi connectivity index (χ4v) is 5.71. The molecule has 0 saturated heterocycles. The van der Waals surface area contributed by atoms with Crippen molar-refractivity contribution < 1.29 is 33.8 Å². The van der Waals surface area contributed by atoms with Gasteiger partial charge in [-0.05, 0) is 56.1 Å². The second kappa shape index (κ2) is 19.3. The van der Waals surface area contributed by atoms with Crippen molar-refractivity contribution in [1.82, 2.24) is 10.6 Å². The fraction of sp³-hybridized carbons (Fsp3) is 0.459. The van der Waals surface area contributed by atoms with E-state index in [9.17, 15) is 24.3 Å². The van der Waals surface area contributed by atoms with Crippen LogP contribution in [0.3, 0.4) is 0 Å². The van der Waals surface area contributed by atoms with Crippen LogP contribution in [0, 0.1) is 11.8 Å². The molecule has 0 bridgehead atoms. The lowest BCUT2D eigenvalue weighted by atomic mass is 9.94. The van der Waals surface area contributed by atoms with E-state index in [1.54, 1.807) is 18.2 Å². The zero-order chi connectivity index (χ0) is 33.2. The molecule has 0 heterocycles. The summed E-state index contributed by atoms with van der Waals surface area (Å²) in [5.74, 6) is -3.45. The van der Waals surface area contributed by atoms with Gasteiger partial charge in [-0.3, -0.25) is 14.4 Å². The first-order chi connectivity index (χ1) is 22.3. The molecule has 3 atom stereocenters. The van der Waals surface area contributed by atoms with Crippen LogP contribution < -0.4 is 10.6 Å². The molecule has 0 radical (unpaired) electrons. The normalized spacial score (nSPS) is 15.5. The number of carbonyl (C=O) groups is 4. The Morgan fingerprint density at radius 2 is 1.52 bits per heavy atom. The largest absolute Gasteiger partial charge is 0.463 e. The van der Waals surface area contributed by atoms with E-state index < -0.39 is 47.9 Å². The van der Waals surface area contributed by atoms with Gasteiger partial charge in [-0.25, -0.2) is 4.79 Å². The van der Waals surface area contributed by atoms with Gasteiger partial charge in [0.05, 0.1) is 24.0 Å². The minimum Gasteiger partial charge on any atom is -0.463 e. The fourth-order valence-electron chi connectivity index (χ4n) is 5.71. The van der Waals surface area contributed by atoms with Gasteiger partial charge in [-0.1, -0.05) is 85.7 Å². The quantitative estimate of drug-likeness (QED) is 0.107. The number of aliphatic hydroxyl groups is 1. The number of ether oxygens (including phenoxy) is 2. The van der Waals surface area contributed by atoms with Crippen molar-refractivity contribution in [1.29, 1.82) is 0 Å². The summed E-state index contributed by atoms with van der Waals surface area (Å²) in [5, 5.41) is 15.5. The molecule has 1 fully saturated rings. The van der Waals surface area contributed by atoms with E-state index in [1.807, 2.05) is 48.5 Å². The third kappa shape index (κ3) is 11.9. The summed E-state index contributed by atoms with van der Waals surface area (Å²) < 4.78 is 11.2. The third-order valence-corrected chi connectivity index (χ3v) is 8.36. The number of allylic oxidation sites excluding steroid dienone is 2. The number of hydrogen-bond donors (Lipinski definition) is 3. The molecule has 3 N–H and O–H groups in total. The molecule has 1 saturated carbocycles. The van der Waals surface area contributed by atoms with E-state index in [4.69, 9.17) is 9.47 Å². The molecule has 46 heavy (non-hydrogen) atoms. The maximum absolute atomic E-state index is 13.5. The Bertz CT molecular complexity index is 1280. The molecular weight excluding hydrogens is 584 g/mol. The highest BCUT2D eigenvalue weighted by Crippen LogP contribution is 2.29. The van der Waals surface area contributed by atoms with Gasteiger partial charge in [-0.2, -0.15) is 0 Å². The Labute approximate surface area is 272 Å². The van der Waals surface area contributed by atoms with Crippen molar-refractivity contribution in [2.45, 2.75) is 82.4 Å². The van der Waals surface area contributed by atoms with Crippen molar-refractivity contribution in [2.75, 3.05) is 13.2 Å². The lowest BCUT2D eigenvalue weighted by Gasteiger charge is -2.29. The third-order valence-electron chi connectivity index (χ3n) is 8.36. The number of esters is 2. The smallest absolute Gasteiger partial charge is 0.332 e. The summed E-state index contributed by atoms with van der Waals surface area (Å²) in [4.78, 5) is 53.1. The molecule has 0 spiro atoms. The van der Waals surface area contributed by atoms with E-state index >= 15 is 0 Å². The minimum atomic E-state index is -1.29. The van der Waals surface area contributed by atoms with Crippen molar-refractivity contribution in [2.24, 2.45) is 11.8 Å². The van der Waals surface area contributed by atoms with Crippen molar-refractivity contribution in [3.05, 3.63) is 97.1 Å². The second-order valence-electron chi connectivity index (χ2n) is 12.0. The van der Waals surface area contributed by atoms with Gasteiger partial charge in [-0.15, -0.1) is 13.2 Å². The van der Waals surface area contributed by atoms with Crippen molar-refractivity contribution in [3.63, 3.8) is 0 Å². The lowest BCUT2D eigenvalue weighted by Crippen LogP contribution is -2.51. The standard InChI is InChI=1S/C37H48N2O7/c1-3-5-8-20-31(23-28-16-9-6-10-17-28)35(43)46-26-32(36(44)45-25-29-18-11-7-12-19-29)38-34(42)30(15-4-2)24-33(41)39-37(27-40)21-13-14-22-37/h3-4,6-7,9-12,16-19,30-32,40H,1-2,5,8,13-15,20-27H2,(H,38,42)(H,39,41). The number of unbranched alkanes of at least 4 members (excludes halogenated alkanes) is 1. The summed E-state index contributed by atoms with van der Waals surface area (Å²) in [7, 11) is 0. The molecular formula is C37H48N2O7. The maximum Gasteiger partial charge on any atom is 0.332 e. The van der Waals surface area contributed by atoms with Crippen LogP contribution in [0.15, 0.2) is 86.0 Å². The average molecular weight is 633 g/mol. The predicted octanol–water partition coefficient (Wildman–Crippen LogP) is 4.98. The highest BCUT2D eigenvalue weighted by molar-refractivity contribution is 5.89. The van der Waals surface area contributed by atoms with Crippen LogP contribution in [-0.2, 0) is 41.7 Å². The van der Waals surface area contributed by atoms with E-state index in [2.05, 4.69) is 23.8 Å². The van der Waals surface area contributed by atoms with Gasteiger partial charge in [0.1, 0.15) is 13.2 Å². The molecule has 1 aliphatic carbocycles. The van der Waals surface area contributed by atoms with E-state index in [0.717, 1.165) is 36.8 Å². The second-order valence-corrected chi connectivity index (χ2v) is 12.0. The summed E-state index contributed by atoms with van der Waals surface area (Å²) in [6, 6.07) is 17.4. The summed E-state index contributed by atoms with van der Waals surface area (Å²) in [6.07, 6.45) is 9.06. The Morgan fingerprint density at radius 1 is 0.870 bits per heavy atom. The summed E-state index contributed by atoms with van der Waals surface area (Å²) in [6.45, 7) is 6.86. The first kappa shape index (κ1) is 36.2. The number of hydrogen-bond acceptors (Lipinski definition) is 7. The lowest BCUT2D eigenvalue weighted by molar-refractivity contribution is -0.157. The number of amides is 2. The highest BCUT2D eigenvalue weighted by Gasteiger charge is 2.36. The molecule has 9 heteroatoms. The van der Waals surface area contributed by atoms with Crippen LogP contribution in [-0.4, -0.2) is 53.7 Å². The van der Waals surface area contributed by atoms with Gasteiger partial charge in [0.2, 0.25) is 11.8 Å². The molecule has 2 aromatic carbocycles. The van der Waals surface area contributed by atoms with Gasteiger partial charge in [0.15, 0.2) is 6.04 Å². The molecule has 3 unspecified atom stereocenters. The topological polar surface area (TPSA) is 131 Å². The molecule has 1 aliphatic rings. The van der Waals surface area contributed by atoms with Gasteiger partial charge >= 0.3 is 11.9 Å². The molecule has 2 amide bonds. The number of carbonyl (C=O) groups excluding carboxylic acids is 4.